The van der Waals surface area contributed by atoms with Crippen LogP contribution in [0.2, 0.25) is 0 Å². The normalized spacial score (nSPS) is 18.1. The summed E-state index contributed by atoms with van der Waals surface area (Å²) < 4.78 is 0. The van der Waals surface area contributed by atoms with Gasteiger partial charge in [-0.2, -0.15) is 10.3 Å². The van der Waals surface area contributed by atoms with E-state index in [4.69, 9.17) is 0 Å². The number of thiophene rings is 1. The largest absolute Gasteiger partial charge is 0.316 e. The highest BCUT2D eigenvalue weighted by Gasteiger charge is 2.33. The first-order chi connectivity index (χ1) is 14.6. The summed E-state index contributed by atoms with van der Waals surface area (Å²) in [7, 11) is 0. The van der Waals surface area contributed by atoms with E-state index >= 15 is 0 Å². The number of amidine groups is 1. The highest BCUT2D eigenvalue weighted by atomic mass is 32.2. The Hall–Kier alpha value is -2.96. The monoisotopic (exact) mass is 438 g/mol. The van der Waals surface area contributed by atoms with E-state index < -0.39 is 17.7 Å². The molecule has 0 fully saturated rings. The van der Waals surface area contributed by atoms with Gasteiger partial charge in [0.15, 0.2) is 5.17 Å². The summed E-state index contributed by atoms with van der Waals surface area (Å²) in [6.07, 6.45) is 3.96. The second-order valence-electron chi connectivity index (χ2n) is 6.95. The van der Waals surface area contributed by atoms with Crippen molar-refractivity contribution in [2.75, 3.05) is 11.1 Å². The van der Waals surface area contributed by atoms with Gasteiger partial charge in [-0.25, -0.2) is 0 Å². The van der Waals surface area contributed by atoms with Crippen LogP contribution < -0.4 is 10.6 Å². The number of aliphatic imine (C=N–C) groups is 1. The molecule has 1 aromatic heterocycles. The van der Waals surface area contributed by atoms with E-state index in [9.17, 15) is 19.6 Å². The van der Waals surface area contributed by atoms with Crippen LogP contribution in [0.15, 0.2) is 35.3 Å². The molecule has 1 unspecified atom stereocenters. The number of hydrogen-bond donors (Lipinski definition) is 2. The van der Waals surface area contributed by atoms with Crippen LogP contribution in [0, 0.1) is 11.3 Å². The Labute approximate surface area is 181 Å². The number of aryl methyl sites for hydroxylation is 1. The Morgan fingerprint density at radius 1 is 1.27 bits per heavy atom. The van der Waals surface area contributed by atoms with E-state index in [0.29, 0.717) is 16.1 Å². The van der Waals surface area contributed by atoms with Gasteiger partial charge in [-0.15, -0.1) is 11.3 Å². The maximum atomic E-state index is 12.4. The third-order valence-electron chi connectivity index (χ3n) is 4.96. The van der Waals surface area contributed by atoms with Gasteiger partial charge in [0.2, 0.25) is 11.8 Å². The zero-order valence-electron chi connectivity index (χ0n) is 15.9. The second-order valence-corrected chi connectivity index (χ2v) is 9.02. The molecule has 1 aliphatic heterocycles. The van der Waals surface area contributed by atoms with Crippen molar-refractivity contribution in [1.82, 2.24) is 5.32 Å². The van der Waals surface area contributed by atoms with Crippen molar-refractivity contribution in [3.63, 3.8) is 0 Å². The zero-order chi connectivity index (χ0) is 21.1. The molecule has 0 saturated heterocycles. The van der Waals surface area contributed by atoms with E-state index in [2.05, 4.69) is 21.7 Å². The number of carbonyl (C=O) groups excluding carboxylic acids is 3. The Kier molecular flexibility index (Phi) is 5.97. The van der Waals surface area contributed by atoms with E-state index in [0.717, 1.165) is 43.0 Å². The van der Waals surface area contributed by atoms with Gasteiger partial charge in [0, 0.05) is 4.88 Å². The van der Waals surface area contributed by atoms with Gasteiger partial charge in [-0.1, -0.05) is 42.1 Å². The number of benzene rings is 1. The van der Waals surface area contributed by atoms with E-state index in [1.165, 1.54) is 16.2 Å². The van der Waals surface area contributed by atoms with Crippen LogP contribution in [0.5, 0.6) is 0 Å². The third-order valence-corrected chi connectivity index (χ3v) is 7.04. The number of thioether (sulfide) groups is 1. The molecule has 0 bridgehead atoms. The molecule has 30 heavy (non-hydrogen) atoms. The molecule has 9 heteroatoms. The van der Waals surface area contributed by atoms with Crippen molar-refractivity contribution in [2.45, 2.75) is 31.6 Å². The minimum absolute atomic E-state index is 0.0319. The summed E-state index contributed by atoms with van der Waals surface area (Å²) in [6.45, 7) is 0. The van der Waals surface area contributed by atoms with Gasteiger partial charge in [0.25, 0.3) is 5.91 Å². The molecule has 1 atom stereocenters. The van der Waals surface area contributed by atoms with Crippen molar-refractivity contribution in [1.29, 1.82) is 5.26 Å². The van der Waals surface area contributed by atoms with E-state index in [-0.39, 0.29) is 16.8 Å². The molecule has 1 aromatic carbocycles. The van der Waals surface area contributed by atoms with Crippen LogP contribution >= 0.6 is 23.1 Å². The first-order valence-corrected chi connectivity index (χ1v) is 11.3. The molecule has 1 aliphatic carbocycles. The number of anilines is 1. The highest BCUT2D eigenvalue weighted by Crippen LogP contribution is 2.37. The summed E-state index contributed by atoms with van der Waals surface area (Å²) in [5.41, 5.74) is 2.19. The molecule has 2 aromatic rings. The van der Waals surface area contributed by atoms with E-state index in [1.807, 2.05) is 0 Å². The maximum absolute atomic E-state index is 12.4. The van der Waals surface area contributed by atoms with Crippen molar-refractivity contribution in [3.8, 4) is 6.07 Å². The predicted octanol–water partition coefficient (Wildman–Crippen LogP) is 2.97. The fourth-order valence-corrected chi connectivity index (χ4v) is 5.48. The predicted molar refractivity (Wildman–Crippen MR) is 117 cm³/mol. The van der Waals surface area contributed by atoms with Crippen LogP contribution in [-0.4, -0.2) is 28.6 Å². The van der Waals surface area contributed by atoms with E-state index in [1.54, 1.807) is 30.3 Å². The molecule has 0 radical (unpaired) electrons. The van der Waals surface area contributed by atoms with Gasteiger partial charge in [-0.3, -0.25) is 14.4 Å². The van der Waals surface area contributed by atoms with Gasteiger partial charge < -0.3 is 10.6 Å². The van der Waals surface area contributed by atoms with Crippen LogP contribution in [0.3, 0.4) is 0 Å². The topological polar surface area (TPSA) is 111 Å². The fourth-order valence-electron chi connectivity index (χ4n) is 3.56. The Morgan fingerprint density at radius 2 is 2.03 bits per heavy atom. The van der Waals surface area contributed by atoms with Gasteiger partial charge in [0.1, 0.15) is 17.0 Å². The van der Waals surface area contributed by atoms with Gasteiger partial charge >= 0.3 is 0 Å². The summed E-state index contributed by atoms with van der Waals surface area (Å²) in [6, 6.07) is 10.9. The zero-order valence-corrected chi connectivity index (χ0v) is 17.6. The average molecular weight is 439 g/mol. The molecule has 0 spiro atoms. The van der Waals surface area contributed by atoms with Crippen LogP contribution in [0.4, 0.5) is 5.00 Å². The number of nitrogens with one attached hydrogen (secondary N) is 2. The molecule has 7 nitrogen and oxygen atoms in total. The number of fused-ring (bicyclic) bond motifs is 1. The smallest absolute Gasteiger partial charge is 0.265 e. The summed E-state index contributed by atoms with van der Waals surface area (Å²) in [5, 5.41) is 15.6. The Balaban J connectivity index is 1.39. The molecule has 2 aliphatic rings. The summed E-state index contributed by atoms with van der Waals surface area (Å²) >= 11 is 2.44. The number of nitrogens with zero attached hydrogens (tertiary/aromatic N) is 2. The third kappa shape index (κ3) is 4.15. The Morgan fingerprint density at radius 3 is 2.77 bits per heavy atom. The molecule has 0 saturated carbocycles. The minimum atomic E-state index is -0.972. The SMILES string of the molecule is N#Cc1c(NC(=O)CSC2=NC(=O)C(c3ccccc3)C(=O)N2)sc2c1CCCC2. The molecule has 2 heterocycles. The Bertz CT molecular complexity index is 1090. The first kappa shape index (κ1) is 20.3. The molecule has 152 valence electrons. The number of nitriles is 1. The first-order valence-electron chi connectivity index (χ1n) is 9.52. The quantitative estimate of drug-likeness (QED) is 0.713. The number of rotatable bonds is 4. The second kappa shape index (κ2) is 8.81. The molecule has 2 N–H and O–H groups in total. The fraction of sp³-hybridized carbons (Fsp3) is 0.286. The summed E-state index contributed by atoms with van der Waals surface area (Å²) in [5.74, 6) is -2.33. The lowest BCUT2D eigenvalue weighted by Gasteiger charge is -2.19. The molecular formula is C21H18N4O3S2. The van der Waals surface area contributed by atoms with Crippen LogP contribution in [0.25, 0.3) is 0 Å². The highest BCUT2D eigenvalue weighted by molar-refractivity contribution is 8.14. The van der Waals surface area contributed by atoms with Crippen molar-refractivity contribution < 1.29 is 14.4 Å². The van der Waals surface area contributed by atoms with Crippen molar-refractivity contribution in [3.05, 3.63) is 51.9 Å². The molecule has 4 rings (SSSR count). The average Bonchev–Trinajstić information content (AvgIpc) is 3.09. The van der Waals surface area contributed by atoms with Crippen molar-refractivity contribution in [2.24, 2.45) is 4.99 Å². The minimum Gasteiger partial charge on any atom is -0.316 e. The summed E-state index contributed by atoms with van der Waals surface area (Å²) in [4.78, 5) is 42.2. The van der Waals surface area contributed by atoms with Crippen LogP contribution in [-0.2, 0) is 27.2 Å². The number of hydrogen-bond acceptors (Lipinski definition) is 6. The lowest BCUT2D eigenvalue weighted by Crippen LogP contribution is -2.41. The lowest BCUT2D eigenvalue weighted by atomic mass is 9.96. The number of carbonyl (C=O) groups is 3. The maximum Gasteiger partial charge on any atom is 0.265 e. The molecule has 3 amide bonds. The van der Waals surface area contributed by atoms with Gasteiger partial charge in [-0.05, 0) is 36.8 Å². The lowest BCUT2D eigenvalue weighted by molar-refractivity contribution is -0.129. The standard InChI is InChI=1S/C21H18N4O3S2/c22-10-14-13-8-4-5-9-15(13)30-20(14)23-16(26)11-29-21-24-18(27)17(19(28)25-21)12-6-2-1-3-7-12/h1-3,6-7,17H,4-5,8-9,11H2,(H,23,26)(H,24,25,27,28). The van der Waals surface area contributed by atoms with Crippen LogP contribution in [0.1, 0.15) is 40.3 Å². The molecular weight excluding hydrogens is 420 g/mol. The van der Waals surface area contributed by atoms with Gasteiger partial charge in [0.05, 0.1) is 11.3 Å². The number of amides is 3. The van der Waals surface area contributed by atoms with Crippen molar-refractivity contribution >= 4 is 51.0 Å².